The molecule has 2 N–H and O–H groups in total. The molecule has 0 radical (unpaired) electrons. The molecule has 0 spiro atoms. The summed E-state index contributed by atoms with van der Waals surface area (Å²) < 4.78 is 1.98. The molecular formula is C19H14N6S. The van der Waals surface area contributed by atoms with E-state index in [1.165, 1.54) is 0 Å². The van der Waals surface area contributed by atoms with E-state index in [2.05, 4.69) is 56.2 Å². The van der Waals surface area contributed by atoms with E-state index in [4.69, 9.17) is 4.98 Å². The Balaban J connectivity index is 1.37. The van der Waals surface area contributed by atoms with E-state index in [1.807, 2.05) is 29.1 Å². The van der Waals surface area contributed by atoms with Crippen molar-refractivity contribution >= 4 is 33.1 Å². The smallest absolute Gasteiger partial charge is 0.187 e. The average Bonchev–Trinajstić information content (AvgIpc) is 3.43. The second-order valence-corrected chi connectivity index (χ2v) is 6.71. The molecular weight excluding hydrogens is 344 g/mol. The first-order chi connectivity index (χ1) is 12.8. The third kappa shape index (κ3) is 2.74. The number of hydrogen-bond acceptors (Lipinski definition) is 5. The lowest BCUT2D eigenvalue weighted by atomic mass is 10.1. The number of hydrogen-bond donors (Lipinski definition) is 2. The van der Waals surface area contributed by atoms with Gasteiger partial charge < -0.3 is 9.88 Å². The van der Waals surface area contributed by atoms with Crippen LogP contribution in [0.15, 0.2) is 72.8 Å². The number of nitrogens with zero attached hydrogens (tertiary/aromatic N) is 4. The van der Waals surface area contributed by atoms with Crippen molar-refractivity contribution in [3.8, 4) is 16.9 Å². The second kappa shape index (κ2) is 6.12. The maximum Gasteiger partial charge on any atom is 0.187 e. The van der Waals surface area contributed by atoms with Gasteiger partial charge in [0.25, 0.3) is 0 Å². The molecule has 0 aliphatic rings. The van der Waals surface area contributed by atoms with Gasteiger partial charge in [0.05, 0.1) is 23.7 Å². The highest BCUT2D eigenvalue weighted by molar-refractivity contribution is 7.14. The van der Waals surface area contributed by atoms with Gasteiger partial charge >= 0.3 is 0 Å². The van der Waals surface area contributed by atoms with Crippen molar-refractivity contribution in [2.45, 2.75) is 0 Å². The molecule has 26 heavy (non-hydrogen) atoms. The molecule has 0 atom stereocenters. The van der Waals surface area contributed by atoms with Gasteiger partial charge in [0.1, 0.15) is 0 Å². The van der Waals surface area contributed by atoms with Crippen molar-refractivity contribution < 1.29 is 0 Å². The van der Waals surface area contributed by atoms with Gasteiger partial charge in [-0.05, 0) is 30.3 Å². The molecule has 2 aromatic carbocycles. The van der Waals surface area contributed by atoms with Crippen LogP contribution in [0.1, 0.15) is 0 Å². The van der Waals surface area contributed by atoms with Gasteiger partial charge in [0, 0.05) is 40.1 Å². The quantitative estimate of drug-likeness (QED) is 0.492. The molecule has 6 nitrogen and oxygen atoms in total. The van der Waals surface area contributed by atoms with E-state index in [1.54, 1.807) is 23.9 Å². The minimum Gasteiger partial charge on any atom is -0.332 e. The van der Waals surface area contributed by atoms with Crippen LogP contribution >= 0.6 is 11.3 Å². The Morgan fingerprint density at radius 1 is 1.08 bits per heavy atom. The summed E-state index contributed by atoms with van der Waals surface area (Å²) in [7, 11) is 0. The number of fused-ring (bicyclic) bond motifs is 1. The molecule has 0 amide bonds. The lowest BCUT2D eigenvalue weighted by Crippen LogP contribution is -1.90. The minimum atomic E-state index is 0.863. The number of aromatic nitrogens is 5. The van der Waals surface area contributed by atoms with Gasteiger partial charge in [-0.1, -0.05) is 12.1 Å². The normalized spacial score (nSPS) is 11.1. The zero-order valence-electron chi connectivity index (χ0n) is 13.6. The maximum absolute atomic E-state index is 4.70. The van der Waals surface area contributed by atoms with Gasteiger partial charge in [-0.15, -0.1) is 11.3 Å². The van der Waals surface area contributed by atoms with Crippen molar-refractivity contribution in [2.24, 2.45) is 0 Å². The summed E-state index contributed by atoms with van der Waals surface area (Å²) in [5.41, 5.74) is 5.14. The van der Waals surface area contributed by atoms with Crippen LogP contribution in [0.5, 0.6) is 0 Å². The van der Waals surface area contributed by atoms with Crippen LogP contribution in [-0.2, 0) is 0 Å². The summed E-state index contributed by atoms with van der Waals surface area (Å²) >= 11 is 1.59. The van der Waals surface area contributed by atoms with Crippen LogP contribution in [0.25, 0.3) is 27.8 Å². The van der Waals surface area contributed by atoms with Crippen LogP contribution in [0, 0.1) is 0 Å². The Morgan fingerprint density at radius 3 is 2.85 bits per heavy atom. The Hall–Kier alpha value is -3.45. The van der Waals surface area contributed by atoms with Crippen LogP contribution < -0.4 is 5.32 Å². The fourth-order valence-corrected chi connectivity index (χ4v) is 3.56. The Labute approximate surface area is 153 Å². The lowest BCUT2D eigenvalue weighted by Gasteiger charge is -2.03. The molecule has 5 rings (SSSR count). The summed E-state index contributed by atoms with van der Waals surface area (Å²) in [5, 5.41) is 14.4. The maximum atomic E-state index is 4.70. The molecule has 0 bridgehead atoms. The standard InChI is InChI=1S/C19H14N6S/c1-4-16(25-8-7-20-12-25)5-2-13(1)18-11-26-19(23-18)22-15-3-6-17-14(9-15)10-21-24-17/h1-12H,(H,21,24)(H,22,23). The molecule has 0 fully saturated rings. The summed E-state index contributed by atoms with van der Waals surface area (Å²) in [6.45, 7) is 0. The second-order valence-electron chi connectivity index (χ2n) is 5.85. The number of benzene rings is 2. The number of anilines is 2. The fraction of sp³-hybridized carbons (Fsp3) is 0. The minimum absolute atomic E-state index is 0.863. The van der Waals surface area contributed by atoms with Gasteiger partial charge in [-0.2, -0.15) is 5.10 Å². The fourth-order valence-electron chi connectivity index (χ4n) is 2.82. The van der Waals surface area contributed by atoms with E-state index in [-0.39, 0.29) is 0 Å². The van der Waals surface area contributed by atoms with E-state index in [0.717, 1.165) is 38.7 Å². The van der Waals surface area contributed by atoms with Gasteiger partial charge in [0.2, 0.25) is 0 Å². The summed E-state index contributed by atoms with van der Waals surface area (Å²) in [5.74, 6) is 0. The first-order valence-corrected chi connectivity index (χ1v) is 8.97. The highest BCUT2D eigenvalue weighted by Gasteiger charge is 2.06. The van der Waals surface area contributed by atoms with Crippen molar-refractivity contribution in [3.63, 3.8) is 0 Å². The SMILES string of the molecule is c1cn(-c2ccc(-c3csc(Nc4ccc5[nH]ncc5c4)n3)cc2)cn1. The number of nitrogens with one attached hydrogen (secondary N) is 2. The summed E-state index contributed by atoms with van der Waals surface area (Å²) in [4.78, 5) is 8.78. The molecule has 7 heteroatoms. The number of rotatable bonds is 4. The predicted molar refractivity (Wildman–Crippen MR) is 104 cm³/mol. The summed E-state index contributed by atoms with van der Waals surface area (Å²) in [6.07, 6.45) is 7.30. The third-order valence-electron chi connectivity index (χ3n) is 4.16. The lowest BCUT2D eigenvalue weighted by molar-refractivity contribution is 1.06. The zero-order chi connectivity index (χ0) is 17.3. The van der Waals surface area contributed by atoms with E-state index >= 15 is 0 Å². The molecule has 0 saturated heterocycles. The van der Waals surface area contributed by atoms with Gasteiger partial charge in [0.15, 0.2) is 5.13 Å². The third-order valence-corrected chi connectivity index (χ3v) is 4.92. The average molecular weight is 358 g/mol. The molecule has 3 aromatic heterocycles. The Kier molecular flexibility index (Phi) is 3.50. The van der Waals surface area contributed by atoms with Gasteiger partial charge in [-0.25, -0.2) is 9.97 Å². The van der Waals surface area contributed by atoms with Crippen LogP contribution in [0.2, 0.25) is 0 Å². The summed E-state index contributed by atoms with van der Waals surface area (Å²) in [6, 6.07) is 14.4. The molecule has 126 valence electrons. The zero-order valence-corrected chi connectivity index (χ0v) is 14.4. The Morgan fingerprint density at radius 2 is 2.00 bits per heavy atom. The van der Waals surface area contributed by atoms with Gasteiger partial charge in [-0.3, -0.25) is 5.10 Å². The van der Waals surface area contributed by atoms with Crippen molar-refractivity contribution in [2.75, 3.05) is 5.32 Å². The number of H-pyrrole nitrogens is 1. The molecule has 0 saturated carbocycles. The number of imidazole rings is 1. The molecule has 5 aromatic rings. The van der Waals surface area contributed by atoms with Crippen LogP contribution in [0.4, 0.5) is 10.8 Å². The first-order valence-electron chi connectivity index (χ1n) is 8.10. The van der Waals surface area contributed by atoms with Crippen molar-refractivity contribution in [1.29, 1.82) is 0 Å². The van der Waals surface area contributed by atoms with E-state index in [9.17, 15) is 0 Å². The topological polar surface area (TPSA) is 71.4 Å². The van der Waals surface area contributed by atoms with E-state index < -0.39 is 0 Å². The Bertz CT molecular complexity index is 1150. The number of thiazole rings is 1. The van der Waals surface area contributed by atoms with Crippen molar-refractivity contribution in [1.82, 2.24) is 24.7 Å². The van der Waals surface area contributed by atoms with Crippen LogP contribution in [-0.4, -0.2) is 24.7 Å². The van der Waals surface area contributed by atoms with E-state index in [0.29, 0.717) is 0 Å². The van der Waals surface area contributed by atoms with Crippen molar-refractivity contribution in [3.05, 3.63) is 72.8 Å². The highest BCUT2D eigenvalue weighted by Crippen LogP contribution is 2.28. The molecule has 0 aliphatic heterocycles. The monoisotopic (exact) mass is 358 g/mol. The predicted octanol–water partition coefficient (Wildman–Crippen LogP) is 4.62. The molecule has 0 unspecified atom stereocenters. The highest BCUT2D eigenvalue weighted by atomic mass is 32.1. The first kappa shape index (κ1) is 14.9. The largest absolute Gasteiger partial charge is 0.332 e. The molecule has 0 aliphatic carbocycles. The van der Waals surface area contributed by atoms with Crippen LogP contribution in [0.3, 0.4) is 0 Å². The molecule has 3 heterocycles. The number of aromatic amines is 1.